The Morgan fingerprint density at radius 1 is 0.943 bits per heavy atom. The second-order valence-corrected chi connectivity index (χ2v) is 8.76. The van der Waals surface area contributed by atoms with Crippen LogP contribution in [0.1, 0.15) is 52.0 Å². The van der Waals surface area contributed by atoms with Crippen molar-refractivity contribution in [3.8, 4) is 5.75 Å². The Morgan fingerprint density at radius 3 is 2.11 bits per heavy atom. The molecule has 196 valence electrons. The number of aliphatic carboxylic acids is 1. The van der Waals surface area contributed by atoms with Gasteiger partial charge in [-0.3, -0.25) is 19.2 Å². The SMILES string of the molecule is CCC(C)C(NC(=O)C(N)CCCCN)C(=O)NC(Cc1ccc(O)cc1)C(=O)NC(C)C(=O)O. The summed E-state index contributed by atoms with van der Waals surface area (Å²) in [6.07, 6.45) is 2.47. The molecule has 0 saturated heterocycles. The molecule has 3 amide bonds. The summed E-state index contributed by atoms with van der Waals surface area (Å²) in [5.41, 5.74) is 12.1. The summed E-state index contributed by atoms with van der Waals surface area (Å²) in [5.74, 6) is -3.17. The van der Waals surface area contributed by atoms with E-state index in [0.717, 1.165) is 6.42 Å². The van der Waals surface area contributed by atoms with Crippen molar-refractivity contribution >= 4 is 23.7 Å². The fraction of sp³-hybridized carbons (Fsp3) is 0.583. The van der Waals surface area contributed by atoms with Gasteiger partial charge in [-0.2, -0.15) is 0 Å². The molecular formula is C24H39N5O6. The third kappa shape index (κ3) is 10.3. The molecule has 5 atom stereocenters. The van der Waals surface area contributed by atoms with E-state index in [9.17, 15) is 24.3 Å². The number of benzene rings is 1. The Balaban J connectivity index is 3.04. The molecule has 1 aromatic rings. The van der Waals surface area contributed by atoms with Crippen molar-refractivity contribution in [1.82, 2.24) is 16.0 Å². The second-order valence-electron chi connectivity index (χ2n) is 8.76. The lowest BCUT2D eigenvalue weighted by Crippen LogP contribution is -2.58. The number of nitrogens with one attached hydrogen (secondary N) is 3. The van der Waals surface area contributed by atoms with Crippen LogP contribution in [0.2, 0.25) is 0 Å². The first-order valence-electron chi connectivity index (χ1n) is 11.9. The second kappa shape index (κ2) is 14.9. The number of hydrogen-bond donors (Lipinski definition) is 7. The molecule has 0 fully saturated rings. The topological polar surface area (TPSA) is 197 Å². The van der Waals surface area contributed by atoms with Crippen LogP contribution < -0.4 is 27.4 Å². The van der Waals surface area contributed by atoms with E-state index in [-0.39, 0.29) is 18.1 Å². The van der Waals surface area contributed by atoms with Crippen LogP contribution in [-0.4, -0.2) is 64.6 Å². The fourth-order valence-electron chi connectivity index (χ4n) is 3.32. The van der Waals surface area contributed by atoms with E-state index in [4.69, 9.17) is 16.6 Å². The molecule has 11 nitrogen and oxygen atoms in total. The highest BCUT2D eigenvalue weighted by Crippen LogP contribution is 2.13. The van der Waals surface area contributed by atoms with E-state index in [0.29, 0.717) is 31.4 Å². The molecule has 0 saturated carbocycles. The first-order chi connectivity index (χ1) is 16.5. The Bertz CT molecular complexity index is 847. The third-order valence-electron chi connectivity index (χ3n) is 5.84. The first kappa shape index (κ1) is 29.9. The van der Waals surface area contributed by atoms with Gasteiger partial charge in [0.2, 0.25) is 17.7 Å². The van der Waals surface area contributed by atoms with Crippen molar-refractivity contribution < 1.29 is 29.4 Å². The lowest BCUT2D eigenvalue weighted by Gasteiger charge is -2.28. The highest BCUT2D eigenvalue weighted by molar-refractivity contribution is 5.94. The monoisotopic (exact) mass is 493 g/mol. The zero-order chi connectivity index (χ0) is 26.5. The number of carbonyl (C=O) groups excluding carboxylic acids is 3. The molecule has 35 heavy (non-hydrogen) atoms. The highest BCUT2D eigenvalue weighted by atomic mass is 16.4. The minimum atomic E-state index is -1.22. The molecule has 5 unspecified atom stereocenters. The van der Waals surface area contributed by atoms with Gasteiger partial charge in [0.25, 0.3) is 0 Å². The van der Waals surface area contributed by atoms with Gasteiger partial charge in [-0.1, -0.05) is 38.8 Å². The molecule has 0 aliphatic carbocycles. The summed E-state index contributed by atoms with van der Waals surface area (Å²) < 4.78 is 0. The van der Waals surface area contributed by atoms with Crippen LogP contribution in [0, 0.1) is 5.92 Å². The summed E-state index contributed by atoms with van der Waals surface area (Å²) in [7, 11) is 0. The number of nitrogens with two attached hydrogens (primary N) is 2. The van der Waals surface area contributed by atoms with Crippen LogP contribution in [0.3, 0.4) is 0 Å². The number of amides is 3. The number of carboxylic acid groups (broad SMARTS) is 1. The minimum absolute atomic E-state index is 0.0423. The molecule has 0 radical (unpaired) electrons. The van der Waals surface area contributed by atoms with Gasteiger partial charge in [-0.15, -0.1) is 0 Å². The first-order valence-corrected chi connectivity index (χ1v) is 11.9. The maximum atomic E-state index is 13.2. The fourth-order valence-corrected chi connectivity index (χ4v) is 3.32. The standard InChI is InChI=1S/C24H39N5O6/c1-4-14(2)20(29-21(31)18(26)7-5-6-12-25)23(33)28-19(22(32)27-15(3)24(34)35)13-16-8-10-17(30)11-9-16/h8-11,14-15,18-20,30H,4-7,12-13,25-26H2,1-3H3,(H,27,32)(H,28,33)(H,29,31)(H,34,35). The number of phenols is 1. The van der Waals surface area contributed by atoms with Crippen molar-refractivity contribution in [2.75, 3.05) is 6.54 Å². The average molecular weight is 494 g/mol. The Morgan fingerprint density at radius 2 is 1.57 bits per heavy atom. The molecule has 0 spiro atoms. The molecular weight excluding hydrogens is 454 g/mol. The predicted octanol–water partition coefficient (Wildman–Crippen LogP) is -0.00400. The molecule has 11 heteroatoms. The van der Waals surface area contributed by atoms with Gasteiger partial charge in [0.05, 0.1) is 6.04 Å². The van der Waals surface area contributed by atoms with Gasteiger partial charge >= 0.3 is 5.97 Å². The molecule has 9 N–H and O–H groups in total. The van der Waals surface area contributed by atoms with E-state index < -0.39 is 47.9 Å². The highest BCUT2D eigenvalue weighted by Gasteiger charge is 2.32. The molecule has 0 bridgehead atoms. The van der Waals surface area contributed by atoms with E-state index in [1.54, 1.807) is 19.1 Å². The molecule has 0 aliphatic rings. The van der Waals surface area contributed by atoms with E-state index >= 15 is 0 Å². The number of carboxylic acids is 1. The van der Waals surface area contributed by atoms with E-state index in [1.807, 2.05) is 6.92 Å². The van der Waals surface area contributed by atoms with E-state index in [2.05, 4.69) is 16.0 Å². The Labute approximate surface area is 206 Å². The van der Waals surface area contributed by atoms with Crippen molar-refractivity contribution in [3.05, 3.63) is 29.8 Å². The van der Waals surface area contributed by atoms with Gasteiger partial charge in [0.15, 0.2) is 0 Å². The summed E-state index contributed by atoms with van der Waals surface area (Å²) in [6.45, 7) is 5.48. The van der Waals surface area contributed by atoms with Crippen LogP contribution >= 0.6 is 0 Å². The van der Waals surface area contributed by atoms with Gasteiger partial charge in [-0.25, -0.2) is 0 Å². The minimum Gasteiger partial charge on any atom is -0.508 e. The Hall–Kier alpha value is -3.18. The van der Waals surface area contributed by atoms with Crippen LogP contribution in [-0.2, 0) is 25.6 Å². The van der Waals surface area contributed by atoms with Crippen molar-refractivity contribution in [3.63, 3.8) is 0 Å². The lowest BCUT2D eigenvalue weighted by molar-refractivity contribution is -0.141. The van der Waals surface area contributed by atoms with E-state index in [1.165, 1.54) is 19.1 Å². The zero-order valence-corrected chi connectivity index (χ0v) is 20.6. The maximum absolute atomic E-state index is 13.2. The summed E-state index contributed by atoms with van der Waals surface area (Å²) in [6, 6.07) is 2.05. The van der Waals surface area contributed by atoms with Crippen molar-refractivity contribution in [1.29, 1.82) is 0 Å². The van der Waals surface area contributed by atoms with Gasteiger partial charge in [0, 0.05) is 6.42 Å². The smallest absolute Gasteiger partial charge is 0.325 e. The third-order valence-corrected chi connectivity index (χ3v) is 5.84. The number of carbonyl (C=O) groups is 4. The summed E-state index contributed by atoms with van der Waals surface area (Å²) in [4.78, 5) is 49.9. The normalized spacial score (nSPS) is 15.2. The van der Waals surface area contributed by atoms with Gasteiger partial charge in [0.1, 0.15) is 23.9 Å². The zero-order valence-electron chi connectivity index (χ0n) is 20.6. The number of unbranched alkanes of at least 4 members (excludes halogenated alkanes) is 1. The predicted molar refractivity (Wildman–Crippen MR) is 131 cm³/mol. The van der Waals surface area contributed by atoms with Crippen LogP contribution in [0.15, 0.2) is 24.3 Å². The lowest BCUT2D eigenvalue weighted by atomic mass is 9.96. The number of aromatic hydroxyl groups is 1. The van der Waals surface area contributed by atoms with Crippen LogP contribution in [0.4, 0.5) is 0 Å². The van der Waals surface area contributed by atoms with Gasteiger partial charge < -0.3 is 37.6 Å². The number of phenolic OH excluding ortho intramolecular Hbond substituents is 1. The summed E-state index contributed by atoms with van der Waals surface area (Å²) >= 11 is 0. The molecule has 0 aliphatic heterocycles. The van der Waals surface area contributed by atoms with Crippen molar-refractivity contribution in [2.24, 2.45) is 17.4 Å². The molecule has 1 aromatic carbocycles. The molecule has 1 rings (SSSR count). The molecule has 0 heterocycles. The maximum Gasteiger partial charge on any atom is 0.325 e. The van der Waals surface area contributed by atoms with Gasteiger partial charge in [-0.05, 0) is 49.9 Å². The number of rotatable bonds is 15. The quantitative estimate of drug-likeness (QED) is 0.166. The average Bonchev–Trinajstić information content (AvgIpc) is 2.82. The van der Waals surface area contributed by atoms with Crippen LogP contribution in [0.5, 0.6) is 5.75 Å². The number of hydrogen-bond acceptors (Lipinski definition) is 7. The Kier molecular flexibility index (Phi) is 12.7. The molecule has 0 aromatic heterocycles. The summed E-state index contributed by atoms with van der Waals surface area (Å²) in [5, 5.41) is 26.4. The largest absolute Gasteiger partial charge is 0.508 e. The van der Waals surface area contributed by atoms with Crippen LogP contribution in [0.25, 0.3) is 0 Å². The van der Waals surface area contributed by atoms with Crippen molar-refractivity contribution in [2.45, 2.75) is 77.0 Å².